The maximum atomic E-state index is 12.3. The lowest BCUT2D eigenvalue weighted by Gasteiger charge is -2.20. The van der Waals surface area contributed by atoms with Crippen LogP contribution >= 0.6 is 0 Å². The van der Waals surface area contributed by atoms with Crippen molar-refractivity contribution in [2.24, 2.45) is 0 Å². The molecular formula is C22H29N3O4. The van der Waals surface area contributed by atoms with Crippen LogP contribution in [0.15, 0.2) is 48.5 Å². The molecule has 0 aromatic heterocycles. The van der Waals surface area contributed by atoms with Crippen LogP contribution < -0.4 is 20.7 Å². The predicted molar refractivity (Wildman–Crippen MR) is 115 cm³/mol. The highest BCUT2D eigenvalue weighted by Crippen LogP contribution is 2.16. The molecule has 0 heterocycles. The zero-order valence-electron chi connectivity index (χ0n) is 17.4. The van der Waals surface area contributed by atoms with Crippen LogP contribution in [0.3, 0.4) is 0 Å². The van der Waals surface area contributed by atoms with E-state index < -0.39 is 0 Å². The molecule has 0 atom stereocenters. The molecule has 7 heteroatoms. The van der Waals surface area contributed by atoms with E-state index in [4.69, 9.17) is 9.47 Å². The number of benzene rings is 2. The lowest BCUT2D eigenvalue weighted by Crippen LogP contribution is -2.40. The van der Waals surface area contributed by atoms with Crippen molar-refractivity contribution in [1.82, 2.24) is 5.32 Å². The summed E-state index contributed by atoms with van der Waals surface area (Å²) in [6, 6.07) is 14.2. The number of ether oxygens (including phenoxy) is 2. The molecule has 0 aliphatic rings. The van der Waals surface area contributed by atoms with Crippen LogP contribution in [0.1, 0.15) is 31.1 Å². The Morgan fingerprint density at radius 2 is 1.69 bits per heavy atom. The van der Waals surface area contributed by atoms with Crippen molar-refractivity contribution in [3.8, 4) is 5.75 Å². The van der Waals surface area contributed by atoms with E-state index in [1.165, 1.54) is 0 Å². The van der Waals surface area contributed by atoms with Gasteiger partial charge in [-0.15, -0.1) is 0 Å². The normalized spacial score (nSPS) is 10.9. The Bertz CT molecular complexity index is 814. The molecule has 0 radical (unpaired) electrons. The monoisotopic (exact) mass is 399 g/mol. The smallest absolute Gasteiger partial charge is 0.251 e. The molecule has 2 rings (SSSR count). The molecule has 2 aromatic rings. The Kier molecular flexibility index (Phi) is 8.03. The average molecular weight is 399 g/mol. The first-order valence-corrected chi connectivity index (χ1v) is 9.45. The van der Waals surface area contributed by atoms with E-state index in [-0.39, 0.29) is 23.9 Å². The van der Waals surface area contributed by atoms with Crippen LogP contribution in [0.25, 0.3) is 0 Å². The van der Waals surface area contributed by atoms with Crippen molar-refractivity contribution < 1.29 is 19.1 Å². The lowest BCUT2D eigenvalue weighted by atomic mass is 10.1. The van der Waals surface area contributed by atoms with E-state index in [9.17, 15) is 9.59 Å². The highest BCUT2D eigenvalue weighted by atomic mass is 16.5. The molecule has 0 spiro atoms. The number of amides is 2. The maximum Gasteiger partial charge on any atom is 0.251 e. The molecule has 0 saturated heterocycles. The summed E-state index contributed by atoms with van der Waals surface area (Å²) in [6.07, 6.45) is 0. The van der Waals surface area contributed by atoms with E-state index in [1.807, 2.05) is 26.8 Å². The zero-order valence-corrected chi connectivity index (χ0v) is 17.4. The second-order valence-corrected chi connectivity index (χ2v) is 7.55. The van der Waals surface area contributed by atoms with Gasteiger partial charge in [-0.2, -0.15) is 0 Å². The minimum atomic E-state index is -0.315. The number of carbonyl (C=O) groups excluding carboxylic acids is 2. The first kappa shape index (κ1) is 22.2. The SMILES string of the molecule is COCCOc1ccc(NC(=O)CNc2cccc(C(=O)NC(C)(C)C)c2)cc1. The van der Waals surface area contributed by atoms with E-state index in [2.05, 4.69) is 16.0 Å². The van der Waals surface area contributed by atoms with Crippen LogP contribution in [0.4, 0.5) is 11.4 Å². The summed E-state index contributed by atoms with van der Waals surface area (Å²) in [5.74, 6) is 0.365. The number of nitrogens with one attached hydrogen (secondary N) is 3. The Hall–Kier alpha value is -3.06. The van der Waals surface area contributed by atoms with E-state index >= 15 is 0 Å². The zero-order chi connectivity index (χ0) is 21.3. The van der Waals surface area contributed by atoms with Gasteiger partial charge in [0.15, 0.2) is 0 Å². The van der Waals surface area contributed by atoms with Crippen LogP contribution in [-0.4, -0.2) is 44.2 Å². The van der Waals surface area contributed by atoms with E-state index in [0.29, 0.717) is 35.9 Å². The summed E-state index contributed by atoms with van der Waals surface area (Å²) in [4.78, 5) is 24.5. The molecule has 0 fully saturated rings. The second kappa shape index (κ2) is 10.5. The van der Waals surface area contributed by atoms with Crippen LogP contribution in [0.2, 0.25) is 0 Å². The molecule has 7 nitrogen and oxygen atoms in total. The Morgan fingerprint density at radius 3 is 2.34 bits per heavy atom. The van der Waals surface area contributed by atoms with Crippen molar-refractivity contribution in [1.29, 1.82) is 0 Å². The molecule has 156 valence electrons. The summed E-state index contributed by atoms with van der Waals surface area (Å²) in [6.45, 7) is 6.85. The van der Waals surface area contributed by atoms with Gasteiger partial charge in [-0.3, -0.25) is 9.59 Å². The number of anilines is 2. The van der Waals surface area contributed by atoms with E-state index in [0.717, 1.165) is 0 Å². The van der Waals surface area contributed by atoms with Crippen molar-refractivity contribution in [2.75, 3.05) is 37.5 Å². The molecule has 0 unspecified atom stereocenters. The standard InChI is InChI=1S/C22H29N3O4/c1-22(2,3)25-21(27)16-6-5-7-18(14-16)23-15-20(26)24-17-8-10-19(11-9-17)29-13-12-28-4/h5-11,14,23H,12-13,15H2,1-4H3,(H,24,26)(H,25,27). The largest absolute Gasteiger partial charge is 0.491 e. The van der Waals surface area contributed by atoms with Gasteiger partial charge in [0.2, 0.25) is 5.91 Å². The summed E-state index contributed by atoms with van der Waals surface area (Å²) >= 11 is 0. The highest BCUT2D eigenvalue weighted by molar-refractivity contribution is 5.96. The minimum absolute atomic E-state index is 0.0798. The maximum absolute atomic E-state index is 12.3. The summed E-state index contributed by atoms with van der Waals surface area (Å²) in [7, 11) is 1.62. The van der Waals surface area contributed by atoms with Crippen molar-refractivity contribution >= 4 is 23.2 Å². The van der Waals surface area contributed by atoms with Crippen LogP contribution in [0.5, 0.6) is 5.75 Å². The Labute approximate surface area is 171 Å². The van der Waals surface area contributed by atoms with Crippen LogP contribution in [-0.2, 0) is 9.53 Å². The number of carbonyl (C=O) groups is 2. The van der Waals surface area contributed by atoms with Gasteiger partial charge < -0.3 is 25.4 Å². The second-order valence-electron chi connectivity index (χ2n) is 7.55. The number of rotatable bonds is 9. The highest BCUT2D eigenvalue weighted by Gasteiger charge is 2.15. The van der Waals surface area contributed by atoms with Crippen molar-refractivity contribution in [2.45, 2.75) is 26.3 Å². The first-order chi connectivity index (χ1) is 13.8. The Morgan fingerprint density at radius 1 is 0.966 bits per heavy atom. The lowest BCUT2D eigenvalue weighted by molar-refractivity contribution is -0.114. The van der Waals surface area contributed by atoms with Gasteiger partial charge in [-0.05, 0) is 63.2 Å². The van der Waals surface area contributed by atoms with Gasteiger partial charge in [-0.25, -0.2) is 0 Å². The fraction of sp³-hybridized carbons (Fsp3) is 0.364. The number of hydrogen-bond donors (Lipinski definition) is 3. The summed E-state index contributed by atoms with van der Waals surface area (Å²) in [5.41, 5.74) is 1.59. The molecule has 3 N–H and O–H groups in total. The molecule has 0 saturated carbocycles. The van der Waals surface area contributed by atoms with Crippen molar-refractivity contribution in [3.05, 3.63) is 54.1 Å². The van der Waals surface area contributed by atoms with Gasteiger partial charge in [-0.1, -0.05) is 6.07 Å². The van der Waals surface area contributed by atoms with Gasteiger partial charge in [0.1, 0.15) is 12.4 Å². The molecule has 0 bridgehead atoms. The molecule has 0 aliphatic carbocycles. The first-order valence-electron chi connectivity index (χ1n) is 9.45. The minimum Gasteiger partial charge on any atom is -0.491 e. The quantitative estimate of drug-likeness (QED) is 0.563. The van der Waals surface area contributed by atoms with Gasteiger partial charge >= 0.3 is 0 Å². The molecule has 2 aromatic carbocycles. The number of hydrogen-bond acceptors (Lipinski definition) is 5. The van der Waals surface area contributed by atoms with Crippen LogP contribution in [0, 0.1) is 0 Å². The third kappa shape index (κ3) is 8.23. The predicted octanol–water partition coefficient (Wildman–Crippen LogP) is 3.29. The van der Waals surface area contributed by atoms with E-state index in [1.54, 1.807) is 49.6 Å². The van der Waals surface area contributed by atoms with Crippen molar-refractivity contribution in [3.63, 3.8) is 0 Å². The van der Waals surface area contributed by atoms with Gasteiger partial charge in [0.05, 0.1) is 13.2 Å². The Balaban J connectivity index is 1.84. The summed E-state index contributed by atoms with van der Waals surface area (Å²) < 4.78 is 10.4. The fourth-order valence-electron chi connectivity index (χ4n) is 2.45. The average Bonchev–Trinajstić information content (AvgIpc) is 2.67. The molecule has 0 aliphatic heterocycles. The van der Waals surface area contributed by atoms with Gasteiger partial charge in [0.25, 0.3) is 5.91 Å². The third-order valence-electron chi connectivity index (χ3n) is 3.76. The number of methoxy groups -OCH3 is 1. The molecule has 2 amide bonds. The van der Waals surface area contributed by atoms with Gasteiger partial charge in [0, 0.05) is 29.6 Å². The third-order valence-corrected chi connectivity index (χ3v) is 3.76. The fourth-order valence-corrected chi connectivity index (χ4v) is 2.45. The topological polar surface area (TPSA) is 88.7 Å². The molecular weight excluding hydrogens is 370 g/mol. The molecule has 29 heavy (non-hydrogen) atoms. The summed E-state index contributed by atoms with van der Waals surface area (Å²) in [5, 5.41) is 8.77.